The number of nitrogens with zero attached hydrogens (tertiary/aromatic N) is 1. The number of hydrogen-bond donors (Lipinski definition) is 1. The zero-order chi connectivity index (χ0) is 15.1. The van der Waals surface area contributed by atoms with Crippen LogP contribution in [0, 0.1) is 18.8 Å². The van der Waals surface area contributed by atoms with E-state index in [1.54, 1.807) is 18.3 Å². The summed E-state index contributed by atoms with van der Waals surface area (Å²) in [7, 11) is 0. The Morgan fingerprint density at radius 2 is 2.24 bits per heavy atom. The zero-order valence-corrected chi connectivity index (χ0v) is 12.9. The second kappa shape index (κ2) is 7.50. The minimum absolute atomic E-state index is 0.229. The smallest absolute Gasteiger partial charge is 0.287 e. The third-order valence-corrected chi connectivity index (χ3v) is 2.88. The molecule has 0 saturated heterocycles. The average Bonchev–Trinajstić information content (AvgIpc) is 2.91. The van der Waals surface area contributed by atoms with Gasteiger partial charge >= 0.3 is 0 Å². The van der Waals surface area contributed by atoms with E-state index in [0.29, 0.717) is 10.4 Å². The number of furan rings is 1. The van der Waals surface area contributed by atoms with Gasteiger partial charge in [0.2, 0.25) is 0 Å². The first-order valence-electron chi connectivity index (χ1n) is 6.20. The number of hydrogen-bond acceptors (Lipinski definition) is 4. The highest BCUT2D eigenvalue weighted by atomic mass is 79.9. The van der Waals surface area contributed by atoms with Crippen molar-refractivity contribution >= 4 is 21.8 Å². The van der Waals surface area contributed by atoms with Crippen molar-refractivity contribution in [2.75, 3.05) is 13.2 Å². The topological polar surface area (TPSA) is 64.4 Å². The summed E-state index contributed by atoms with van der Waals surface area (Å²) < 4.78 is 11.0. The molecular weight excluding hydrogens is 336 g/mol. The Morgan fingerprint density at radius 1 is 1.38 bits per heavy atom. The van der Waals surface area contributed by atoms with Gasteiger partial charge in [0.1, 0.15) is 12.4 Å². The first kappa shape index (κ1) is 15.1. The van der Waals surface area contributed by atoms with Crippen LogP contribution < -0.4 is 10.1 Å². The maximum Gasteiger partial charge on any atom is 0.287 e. The van der Waals surface area contributed by atoms with Crippen LogP contribution in [0.5, 0.6) is 5.75 Å². The highest BCUT2D eigenvalue weighted by Crippen LogP contribution is 2.13. The van der Waals surface area contributed by atoms with E-state index in [1.807, 2.05) is 19.1 Å². The third-order valence-electron chi connectivity index (χ3n) is 2.45. The standard InChI is InChI=1S/C15H13BrN2O3/c1-11-4-5-12(10-18-11)20-9-3-2-8-17-15(19)13-6-7-14(16)21-13/h4-7,10H,8-9H2,1H3,(H,17,19). The molecular formula is C15H13BrN2O3. The molecule has 6 heteroatoms. The van der Waals surface area contributed by atoms with Crippen LogP contribution in [-0.2, 0) is 0 Å². The summed E-state index contributed by atoms with van der Waals surface area (Å²) in [6, 6.07) is 6.94. The van der Waals surface area contributed by atoms with Gasteiger partial charge in [-0.15, -0.1) is 0 Å². The Balaban J connectivity index is 1.69. The minimum Gasteiger partial charge on any atom is -0.479 e. The zero-order valence-electron chi connectivity index (χ0n) is 11.4. The molecule has 5 nitrogen and oxygen atoms in total. The number of aryl methyl sites for hydroxylation is 1. The molecule has 0 aromatic carbocycles. The van der Waals surface area contributed by atoms with Gasteiger partial charge in [0.15, 0.2) is 10.4 Å². The Hall–Kier alpha value is -2.26. The van der Waals surface area contributed by atoms with Crippen molar-refractivity contribution in [2.24, 2.45) is 0 Å². The molecule has 0 atom stereocenters. The van der Waals surface area contributed by atoms with Crippen LogP contribution in [0.2, 0.25) is 0 Å². The fourth-order valence-electron chi connectivity index (χ4n) is 1.42. The van der Waals surface area contributed by atoms with E-state index in [4.69, 9.17) is 9.15 Å². The largest absolute Gasteiger partial charge is 0.479 e. The quantitative estimate of drug-likeness (QED) is 0.862. The van der Waals surface area contributed by atoms with Crippen LogP contribution >= 0.6 is 15.9 Å². The van der Waals surface area contributed by atoms with Crippen LogP contribution in [0.15, 0.2) is 39.5 Å². The van der Waals surface area contributed by atoms with Crippen LogP contribution in [0.25, 0.3) is 0 Å². The summed E-state index contributed by atoms with van der Waals surface area (Å²) in [5.41, 5.74) is 0.931. The summed E-state index contributed by atoms with van der Waals surface area (Å²) in [6.45, 7) is 2.38. The van der Waals surface area contributed by atoms with Gasteiger partial charge in [-0.3, -0.25) is 9.78 Å². The Labute approximate surface area is 130 Å². The summed E-state index contributed by atoms with van der Waals surface area (Å²) >= 11 is 3.13. The number of carbonyl (C=O) groups excluding carboxylic acids is 1. The van der Waals surface area contributed by atoms with E-state index < -0.39 is 0 Å². The molecule has 0 bridgehead atoms. The van der Waals surface area contributed by atoms with Gasteiger partial charge in [-0.1, -0.05) is 11.8 Å². The highest BCUT2D eigenvalue weighted by Gasteiger charge is 2.08. The summed E-state index contributed by atoms with van der Waals surface area (Å²) in [5.74, 6) is 6.20. The molecule has 0 aliphatic carbocycles. The van der Waals surface area contributed by atoms with Crippen LogP contribution in [0.1, 0.15) is 16.2 Å². The van der Waals surface area contributed by atoms with Gasteiger partial charge < -0.3 is 14.5 Å². The first-order valence-corrected chi connectivity index (χ1v) is 6.99. The lowest BCUT2D eigenvalue weighted by Gasteiger charge is -2.00. The van der Waals surface area contributed by atoms with E-state index >= 15 is 0 Å². The van der Waals surface area contributed by atoms with Crippen molar-refractivity contribution < 1.29 is 13.9 Å². The molecule has 0 aliphatic rings. The molecule has 21 heavy (non-hydrogen) atoms. The predicted octanol–water partition coefficient (Wildman–Crippen LogP) is 2.56. The number of rotatable bonds is 4. The van der Waals surface area contributed by atoms with Crippen molar-refractivity contribution in [2.45, 2.75) is 6.92 Å². The fraction of sp³-hybridized carbons (Fsp3) is 0.200. The molecule has 0 fully saturated rings. The van der Waals surface area contributed by atoms with E-state index in [1.165, 1.54) is 0 Å². The highest BCUT2D eigenvalue weighted by molar-refractivity contribution is 9.10. The van der Waals surface area contributed by atoms with Gasteiger partial charge in [0.25, 0.3) is 5.91 Å². The Kier molecular flexibility index (Phi) is 5.41. The predicted molar refractivity (Wildman–Crippen MR) is 81.0 cm³/mol. The molecule has 0 aliphatic heterocycles. The Bertz CT molecular complexity index is 668. The van der Waals surface area contributed by atoms with Gasteiger partial charge in [-0.2, -0.15) is 0 Å². The van der Waals surface area contributed by atoms with E-state index in [0.717, 1.165) is 5.69 Å². The van der Waals surface area contributed by atoms with E-state index in [-0.39, 0.29) is 24.8 Å². The number of amides is 1. The molecule has 0 unspecified atom stereocenters. The molecule has 1 N–H and O–H groups in total. The van der Waals surface area contributed by atoms with Crippen molar-refractivity contribution in [3.63, 3.8) is 0 Å². The van der Waals surface area contributed by atoms with Crippen molar-refractivity contribution in [1.82, 2.24) is 10.3 Å². The summed E-state index contributed by atoms with van der Waals surface area (Å²) in [5, 5.41) is 2.62. The van der Waals surface area contributed by atoms with E-state index in [2.05, 4.69) is 38.1 Å². The number of ether oxygens (including phenoxy) is 1. The normalized spacial score (nSPS) is 9.62. The van der Waals surface area contributed by atoms with Crippen molar-refractivity contribution in [1.29, 1.82) is 0 Å². The maximum atomic E-state index is 11.6. The van der Waals surface area contributed by atoms with Gasteiger partial charge in [-0.05, 0) is 47.1 Å². The molecule has 2 aromatic heterocycles. The molecule has 108 valence electrons. The number of halogens is 1. The second-order valence-electron chi connectivity index (χ2n) is 4.06. The van der Waals surface area contributed by atoms with Crippen molar-refractivity contribution in [3.05, 3.63) is 46.6 Å². The Morgan fingerprint density at radius 3 is 2.90 bits per heavy atom. The number of carbonyl (C=O) groups is 1. The number of nitrogens with one attached hydrogen (secondary N) is 1. The van der Waals surface area contributed by atoms with Crippen LogP contribution in [0.3, 0.4) is 0 Å². The average molecular weight is 349 g/mol. The summed E-state index contributed by atoms with van der Waals surface area (Å²) in [4.78, 5) is 15.7. The minimum atomic E-state index is -0.307. The number of aromatic nitrogens is 1. The second-order valence-corrected chi connectivity index (χ2v) is 4.85. The van der Waals surface area contributed by atoms with Crippen molar-refractivity contribution in [3.8, 4) is 17.6 Å². The number of pyridine rings is 1. The third kappa shape index (κ3) is 4.97. The van der Waals surface area contributed by atoms with Gasteiger partial charge in [0, 0.05) is 5.69 Å². The fourth-order valence-corrected chi connectivity index (χ4v) is 1.73. The SMILES string of the molecule is Cc1ccc(OCC#CCNC(=O)c2ccc(Br)o2)cn1. The molecule has 2 heterocycles. The molecule has 0 spiro atoms. The first-order chi connectivity index (χ1) is 10.1. The lowest BCUT2D eigenvalue weighted by atomic mass is 10.4. The monoisotopic (exact) mass is 348 g/mol. The van der Waals surface area contributed by atoms with E-state index in [9.17, 15) is 4.79 Å². The molecule has 0 saturated carbocycles. The lowest BCUT2D eigenvalue weighted by molar-refractivity contribution is 0.0930. The van der Waals surface area contributed by atoms with Gasteiger partial charge in [0.05, 0.1) is 12.7 Å². The molecule has 0 radical (unpaired) electrons. The molecule has 2 rings (SSSR count). The summed E-state index contributed by atoms with van der Waals surface area (Å²) in [6.07, 6.45) is 1.65. The maximum absolute atomic E-state index is 11.6. The van der Waals surface area contributed by atoms with Crippen LogP contribution in [-0.4, -0.2) is 24.0 Å². The van der Waals surface area contributed by atoms with Crippen LogP contribution in [0.4, 0.5) is 0 Å². The molecule has 1 amide bonds. The molecule has 2 aromatic rings. The van der Waals surface area contributed by atoms with Gasteiger partial charge in [-0.25, -0.2) is 0 Å². The lowest BCUT2D eigenvalue weighted by Crippen LogP contribution is -2.23.